The Hall–Kier alpha value is -3.16. The maximum absolute atomic E-state index is 13.6. The molecule has 0 spiro atoms. The maximum atomic E-state index is 13.6. The molecular weight excluding hydrogens is 475 g/mol. The molecule has 1 aliphatic heterocycles. The van der Waals surface area contributed by atoms with E-state index in [2.05, 4.69) is 6.58 Å². The third-order valence-corrected chi connectivity index (χ3v) is 6.89. The van der Waals surface area contributed by atoms with Crippen molar-refractivity contribution in [3.63, 3.8) is 0 Å². The summed E-state index contributed by atoms with van der Waals surface area (Å²) < 4.78 is 19.5. The van der Waals surface area contributed by atoms with Crippen LogP contribution in [-0.4, -0.2) is 47.9 Å². The predicted octanol–water partition coefficient (Wildman–Crippen LogP) is 5.37. The van der Waals surface area contributed by atoms with E-state index in [1.54, 1.807) is 58.7 Å². The first-order chi connectivity index (χ1) is 16.5. The van der Waals surface area contributed by atoms with Crippen molar-refractivity contribution < 1.29 is 18.7 Å². The first kappa shape index (κ1) is 24.0. The molecular formula is C26H24ClFN2O3S. The summed E-state index contributed by atoms with van der Waals surface area (Å²) in [5.41, 5.74) is 1.43. The van der Waals surface area contributed by atoms with Gasteiger partial charge in [0.25, 0.3) is 5.91 Å². The van der Waals surface area contributed by atoms with Gasteiger partial charge in [0.2, 0.25) is 5.91 Å². The summed E-state index contributed by atoms with van der Waals surface area (Å²) in [5.74, 6) is -0.470. The van der Waals surface area contributed by atoms with E-state index < -0.39 is 0 Å². The monoisotopic (exact) mass is 498 g/mol. The van der Waals surface area contributed by atoms with Gasteiger partial charge in [-0.3, -0.25) is 9.59 Å². The molecule has 1 unspecified atom stereocenters. The van der Waals surface area contributed by atoms with Gasteiger partial charge < -0.3 is 14.5 Å². The Labute approximate surface area is 207 Å². The zero-order valence-electron chi connectivity index (χ0n) is 18.5. The van der Waals surface area contributed by atoms with Gasteiger partial charge in [-0.25, -0.2) is 4.39 Å². The lowest BCUT2D eigenvalue weighted by Crippen LogP contribution is -2.47. The smallest absolute Gasteiger partial charge is 0.254 e. The third kappa shape index (κ3) is 5.48. The number of thiophene rings is 1. The fourth-order valence-electron chi connectivity index (χ4n) is 4.04. The summed E-state index contributed by atoms with van der Waals surface area (Å²) in [5, 5.41) is 2.45. The zero-order valence-corrected chi connectivity index (χ0v) is 20.0. The quantitative estimate of drug-likeness (QED) is 0.392. The first-order valence-corrected chi connectivity index (χ1v) is 12.1. The van der Waals surface area contributed by atoms with Crippen LogP contribution in [0.3, 0.4) is 0 Å². The number of fused-ring (bicyclic) bond motifs is 1. The molecule has 0 saturated carbocycles. The van der Waals surface area contributed by atoms with Crippen LogP contribution in [0.2, 0.25) is 5.02 Å². The van der Waals surface area contributed by atoms with Crippen LogP contribution < -0.4 is 4.74 Å². The Balaban J connectivity index is 1.53. The number of amides is 2. The second-order valence-corrected chi connectivity index (χ2v) is 9.34. The highest BCUT2D eigenvalue weighted by molar-refractivity contribution is 7.10. The Morgan fingerprint density at radius 1 is 1.24 bits per heavy atom. The molecule has 0 bridgehead atoms. The second kappa shape index (κ2) is 10.8. The normalized spacial score (nSPS) is 14.9. The minimum atomic E-state index is -0.384. The molecule has 3 aromatic rings. The molecule has 0 saturated heterocycles. The zero-order chi connectivity index (χ0) is 24.1. The average Bonchev–Trinajstić information content (AvgIpc) is 3.31. The van der Waals surface area contributed by atoms with E-state index in [9.17, 15) is 14.0 Å². The van der Waals surface area contributed by atoms with Gasteiger partial charge in [-0.05, 0) is 53.8 Å². The molecule has 0 fully saturated rings. The molecule has 2 heterocycles. The predicted molar refractivity (Wildman–Crippen MR) is 132 cm³/mol. The molecule has 34 heavy (non-hydrogen) atoms. The lowest BCUT2D eigenvalue weighted by molar-refractivity contribution is -0.135. The van der Waals surface area contributed by atoms with Crippen LogP contribution in [-0.2, 0) is 11.2 Å². The Bertz CT molecular complexity index is 1200. The number of hydrogen-bond donors (Lipinski definition) is 0. The van der Waals surface area contributed by atoms with E-state index in [0.717, 1.165) is 12.0 Å². The Morgan fingerprint density at radius 2 is 2.06 bits per heavy atom. The number of nitrogens with zero attached hydrogens (tertiary/aromatic N) is 2. The van der Waals surface area contributed by atoms with Crippen LogP contribution in [0.1, 0.15) is 26.8 Å². The molecule has 2 aromatic carbocycles. The molecule has 8 heteroatoms. The van der Waals surface area contributed by atoms with Crippen LogP contribution in [0.25, 0.3) is 0 Å². The van der Waals surface area contributed by atoms with Crippen molar-refractivity contribution in [2.45, 2.75) is 12.5 Å². The van der Waals surface area contributed by atoms with Crippen LogP contribution in [0.4, 0.5) is 4.39 Å². The van der Waals surface area contributed by atoms with Gasteiger partial charge >= 0.3 is 0 Å². The largest absolute Gasteiger partial charge is 0.491 e. The summed E-state index contributed by atoms with van der Waals surface area (Å²) in [6.07, 6.45) is 2.33. The van der Waals surface area contributed by atoms with E-state index >= 15 is 0 Å². The average molecular weight is 499 g/mol. The van der Waals surface area contributed by atoms with E-state index in [1.807, 2.05) is 11.4 Å². The lowest BCUT2D eigenvalue weighted by atomic mass is 10.0. The van der Waals surface area contributed by atoms with Crippen molar-refractivity contribution in [2.75, 3.05) is 26.2 Å². The summed E-state index contributed by atoms with van der Waals surface area (Å²) in [4.78, 5) is 30.9. The fraction of sp³-hybridized carbons (Fsp3) is 0.231. The van der Waals surface area contributed by atoms with E-state index in [1.165, 1.54) is 21.9 Å². The fourth-order valence-corrected chi connectivity index (χ4v) is 5.16. The minimum absolute atomic E-state index is 0.104. The van der Waals surface area contributed by atoms with E-state index in [4.69, 9.17) is 16.3 Å². The minimum Gasteiger partial charge on any atom is -0.491 e. The van der Waals surface area contributed by atoms with E-state index in [-0.39, 0.29) is 43.4 Å². The van der Waals surface area contributed by atoms with Crippen molar-refractivity contribution >= 4 is 34.8 Å². The molecule has 1 atom stereocenters. The number of carbonyl (C=O) groups excluding carboxylic acids is 2. The highest BCUT2D eigenvalue weighted by atomic mass is 35.5. The number of carbonyl (C=O) groups is 2. The van der Waals surface area contributed by atoms with Crippen molar-refractivity contribution in [3.8, 4) is 5.75 Å². The highest BCUT2D eigenvalue weighted by Crippen LogP contribution is 2.34. The SMILES string of the molecule is C=CCN(CC(=O)N1CCc2sccc2C1COc1cccc(F)c1)C(=O)c1cccc(Cl)c1. The topological polar surface area (TPSA) is 49.9 Å². The maximum Gasteiger partial charge on any atom is 0.254 e. The van der Waals surface area contributed by atoms with Gasteiger partial charge in [0.15, 0.2) is 0 Å². The summed E-state index contributed by atoms with van der Waals surface area (Å²) in [7, 11) is 0. The van der Waals surface area contributed by atoms with Crippen LogP contribution in [0, 0.1) is 5.82 Å². The number of ether oxygens (including phenoxy) is 1. The van der Waals surface area contributed by atoms with Crippen molar-refractivity contribution in [1.82, 2.24) is 9.80 Å². The van der Waals surface area contributed by atoms with Crippen molar-refractivity contribution in [2.24, 2.45) is 0 Å². The van der Waals surface area contributed by atoms with Gasteiger partial charge in [0.1, 0.15) is 24.7 Å². The van der Waals surface area contributed by atoms with Crippen LogP contribution >= 0.6 is 22.9 Å². The lowest BCUT2D eigenvalue weighted by Gasteiger charge is -2.37. The molecule has 176 valence electrons. The first-order valence-electron chi connectivity index (χ1n) is 10.9. The van der Waals surface area contributed by atoms with Crippen LogP contribution in [0.5, 0.6) is 5.75 Å². The van der Waals surface area contributed by atoms with Gasteiger partial charge in [-0.1, -0.05) is 29.8 Å². The molecule has 1 aromatic heterocycles. The van der Waals surface area contributed by atoms with Crippen molar-refractivity contribution in [3.05, 3.63) is 99.5 Å². The van der Waals surface area contributed by atoms with Gasteiger partial charge in [-0.15, -0.1) is 17.9 Å². The number of benzene rings is 2. The van der Waals surface area contributed by atoms with Gasteiger partial charge in [-0.2, -0.15) is 0 Å². The van der Waals surface area contributed by atoms with Gasteiger partial charge in [0.05, 0.1) is 6.04 Å². The summed E-state index contributed by atoms with van der Waals surface area (Å²) >= 11 is 7.70. The van der Waals surface area contributed by atoms with Gasteiger partial charge in [0, 0.05) is 34.6 Å². The molecule has 5 nitrogen and oxygen atoms in total. The molecule has 4 rings (SSSR count). The highest BCUT2D eigenvalue weighted by Gasteiger charge is 2.33. The van der Waals surface area contributed by atoms with Crippen LogP contribution in [0.15, 0.2) is 72.6 Å². The molecule has 0 radical (unpaired) electrons. The molecule has 2 amide bonds. The number of hydrogen-bond acceptors (Lipinski definition) is 4. The summed E-state index contributed by atoms with van der Waals surface area (Å²) in [6, 6.07) is 14.2. The number of halogens is 2. The molecule has 1 aliphatic rings. The van der Waals surface area contributed by atoms with Crippen molar-refractivity contribution in [1.29, 1.82) is 0 Å². The van der Waals surface area contributed by atoms with E-state index in [0.29, 0.717) is 22.9 Å². The Kier molecular flexibility index (Phi) is 7.65. The third-order valence-electron chi connectivity index (χ3n) is 5.65. The summed E-state index contributed by atoms with van der Waals surface area (Å²) in [6.45, 7) is 4.54. The standard InChI is InChI=1S/C26H24ClFN2O3S/c1-2-11-29(26(32)18-5-3-6-19(27)14-18)16-25(31)30-12-9-24-22(10-13-34-24)23(30)17-33-21-8-4-7-20(28)15-21/h2-8,10,13-15,23H,1,9,11-12,16-17H2. The Morgan fingerprint density at radius 3 is 2.82 bits per heavy atom. The second-order valence-electron chi connectivity index (χ2n) is 7.91. The number of rotatable bonds is 8. The molecule has 0 aliphatic carbocycles. The molecule has 0 N–H and O–H groups in total.